The van der Waals surface area contributed by atoms with Gasteiger partial charge in [-0.1, -0.05) is 0 Å². The fourth-order valence-corrected chi connectivity index (χ4v) is 4.15. The maximum Gasteiger partial charge on any atom is 0.272 e. The van der Waals surface area contributed by atoms with Crippen molar-refractivity contribution in [2.24, 2.45) is 5.73 Å². The molecular weight excluding hydrogens is 417 g/mol. The third-order valence-corrected chi connectivity index (χ3v) is 5.61. The molecule has 0 saturated carbocycles. The lowest BCUT2D eigenvalue weighted by atomic mass is 10.0. The summed E-state index contributed by atoms with van der Waals surface area (Å²) in [6.45, 7) is 4.93. The monoisotopic (exact) mass is 439 g/mol. The minimum absolute atomic E-state index is 0.0891. The number of primary amides is 1. The van der Waals surface area contributed by atoms with Crippen LogP contribution in [0.2, 0.25) is 0 Å². The standard InChI is InChI=1S/C22H22FN5O4/c1-13-30-11-17(32-13)12-31-16-8-14(7-15(23)9-16)19-3-2-5-27(19)20-4-6-28-22(26-20)18(10-25-28)21(24)29/h4,6-10,17,19H,1-3,5,11-12H2,(H2,24,29)/t17?,19-/m1/s1. The van der Waals surface area contributed by atoms with E-state index in [9.17, 15) is 9.18 Å². The van der Waals surface area contributed by atoms with Gasteiger partial charge in [-0.05, 0) is 43.2 Å². The summed E-state index contributed by atoms with van der Waals surface area (Å²) < 4.78 is 32.3. The number of carbonyl (C=O) groups is 1. The van der Waals surface area contributed by atoms with Crippen molar-refractivity contribution in [3.05, 3.63) is 66.1 Å². The molecule has 2 atom stereocenters. The molecule has 1 aromatic carbocycles. The van der Waals surface area contributed by atoms with E-state index in [1.807, 2.05) is 12.1 Å². The molecule has 2 aliphatic heterocycles. The van der Waals surface area contributed by atoms with Gasteiger partial charge in [-0.2, -0.15) is 5.10 Å². The second kappa shape index (κ2) is 8.03. The molecule has 1 unspecified atom stereocenters. The maximum absolute atomic E-state index is 14.4. The van der Waals surface area contributed by atoms with Crippen molar-refractivity contribution in [1.82, 2.24) is 14.6 Å². The summed E-state index contributed by atoms with van der Waals surface area (Å²) in [7, 11) is 0. The van der Waals surface area contributed by atoms with Gasteiger partial charge in [-0.25, -0.2) is 13.9 Å². The molecule has 2 aromatic heterocycles. The first-order valence-corrected chi connectivity index (χ1v) is 10.3. The van der Waals surface area contributed by atoms with E-state index in [4.69, 9.17) is 19.9 Å². The summed E-state index contributed by atoms with van der Waals surface area (Å²) >= 11 is 0. The molecule has 0 aliphatic carbocycles. The van der Waals surface area contributed by atoms with E-state index in [0.29, 0.717) is 23.8 Å². The highest BCUT2D eigenvalue weighted by Crippen LogP contribution is 2.37. The van der Waals surface area contributed by atoms with E-state index >= 15 is 0 Å². The van der Waals surface area contributed by atoms with Crippen LogP contribution in [0.4, 0.5) is 10.2 Å². The molecule has 4 heterocycles. The highest BCUT2D eigenvalue weighted by Gasteiger charge is 2.29. The van der Waals surface area contributed by atoms with Crippen molar-refractivity contribution in [2.45, 2.75) is 25.0 Å². The zero-order chi connectivity index (χ0) is 22.2. The molecule has 3 aromatic rings. The third kappa shape index (κ3) is 3.79. The summed E-state index contributed by atoms with van der Waals surface area (Å²) in [5.41, 5.74) is 6.87. The molecule has 0 radical (unpaired) electrons. The summed E-state index contributed by atoms with van der Waals surface area (Å²) in [6, 6.07) is 6.43. The summed E-state index contributed by atoms with van der Waals surface area (Å²) in [5.74, 6) is 0.387. The second-order valence-electron chi connectivity index (χ2n) is 7.78. The molecule has 5 rings (SSSR count). The fraction of sp³-hybridized carbons (Fsp3) is 0.318. The Kier molecular flexibility index (Phi) is 5.04. The number of aromatic nitrogens is 3. The van der Waals surface area contributed by atoms with Crippen LogP contribution in [-0.2, 0) is 9.47 Å². The van der Waals surface area contributed by atoms with E-state index in [0.717, 1.165) is 24.9 Å². The molecule has 32 heavy (non-hydrogen) atoms. The van der Waals surface area contributed by atoms with Crippen molar-refractivity contribution in [3.63, 3.8) is 0 Å². The number of carbonyl (C=O) groups excluding carboxylic acids is 1. The van der Waals surface area contributed by atoms with Crippen molar-refractivity contribution < 1.29 is 23.4 Å². The smallest absolute Gasteiger partial charge is 0.272 e. The Hall–Kier alpha value is -3.82. The van der Waals surface area contributed by atoms with E-state index < -0.39 is 5.91 Å². The Bertz CT molecular complexity index is 1200. The van der Waals surface area contributed by atoms with Gasteiger partial charge >= 0.3 is 0 Å². The molecule has 2 N–H and O–H groups in total. The SMILES string of the molecule is C=C1OCC(COc2cc(F)cc([C@H]3CCCN3c3ccn4ncc(C(N)=O)c4n3)c2)O1. The number of benzene rings is 1. The minimum Gasteiger partial charge on any atom is -0.489 e. The van der Waals surface area contributed by atoms with Crippen LogP contribution in [0.15, 0.2) is 49.2 Å². The van der Waals surface area contributed by atoms with Crippen LogP contribution in [0.5, 0.6) is 5.75 Å². The van der Waals surface area contributed by atoms with E-state index in [2.05, 4.69) is 21.6 Å². The first-order chi connectivity index (χ1) is 15.5. The third-order valence-electron chi connectivity index (χ3n) is 5.61. The molecule has 9 nitrogen and oxygen atoms in total. The first kappa shape index (κ1) is 20.1. The van der Waals surface area contributed by atoms with Gasteiger partial charge in [0.05, 0.1) is 12.2 Å². The van der Waals surface area contributed by atoms with Crippen molar-refractivity contribution in [2.75, 3.05) is 24.7 Å². The minimum atomic E-state index is -0.588. The van der Waals surface area contributed by atoms with Gasteiger partial charge in [0.25, 0.3) is 11.9 Å². The second-order valence-corrected chi connectivity index (χ2v) is 7.78. The summed E-state index contributed by atoms with van der Waals surface area (Å²) in [5, 5.41) is 4.11. The van der Waals surface area contributed by atoms with Crippen molar-refractivity contribution in [3.8, 4) is 5.75 Å². The van der Waals surface area contributed by atoms with Gasteiger partial charge in [0.1, 0.15) is 36.2 Å². The average molecular weight is 439 g/mol. The molecule has 0 spiro atoms. The number of nitrogens with zero attached hydrogens (tertiary/aromatic N) is 4. The highest BCUT2D eigenvalue weighted by atomic mass is 19.1. The van der Waals surface area contributed by atoms with Gasteiger partial charge < -0.3 is 24.8 Å². The Balaban J connectivity index is 1.40. The van der Waals surface area contributed by atoms with Gasteiger partial charge in [0.15, 0.2) is 11.8 Å². The average Bonchev–Trinajstić information content (AvgIpc) is 3.50. The first-order valence-electron chi connectivity index (χ1n) is 10.3. The van der Waals surface area contributed by atoms with Crippen LogP contribution >= 0.6 is 0 Å². The number of ether oxygens (including phenoxy) is 3. The zero-order valence-electron chi connectivity index (χ0n) is 17.2. The number of hydrogen-bond donors (Lipinski definition) is 1. The number of amides is 1. The number of anilines is 1. The largest absolute Gasteiger partial charge is 0.489 e. The van der Waals surface area contributed by atoms with Crippen molar-refractivity contribution in [1.29, 1.82) is 0 Å². The zero-order valence-corrected chi connectivity index (χ0v) is 17.2. The fourth-order valence-electron chi connectivity index (χ4n) is 4.15. The number of hydrogen-bond acceptors (Lipinski definition) is 7. The Morgan fingerprint density at radius 1 is 1.38 bits per heavy atom. The van der Waals surface area contributed by atoms with Gasteiger partial charge in [-0.15, -0.1) is 0 Å². The summed E-state index contributed by atoms with van der Waals surface area (Å²) in [4.78, 5) is 18.4. The van der Waals surface area contributed by atoms with E-state index in [1.165, 1.54) is 22.8 Å². The van der Waals surface area contributed by atoms with Crippen molar-refractivity contribution >= 4 is 17.4 Å². The number of halogens is 1. The lowest BCUT2D eigenvalue weighted by Crippen LogP contribution is -2.24. The van der Waals surface area contributed by atoms with Crippen LogP contribution in [0, 0.1) is 5.82 Å². The molecule has 2 saturated heterocycles. The number of rotatable bonds is 6. The van der Waals surface area contributed by atoms with Gasteiger partial charge in [0, 0.05) is 18.8 Å². The lowest BCUT2D eigenvalue weighted by Gasteiger charge is -2.26. The molecule has 2 fully saturated rings. The van der Waals surface area contributed by atoms with Gasteiger partial charge in [-0.3, -0.25) is 4.79 Å². The predicted octanol–water partition coefficient (Wildman–Crippen LogP) is 2.57. The van der Waals surface area contributed by atoms with Crippen LogP contribution in [-0.4, -0.2) is 46.4 Å². The lowest BCUT2D eigenvalue weighted by molar-refractivity contribution is 0.100. The van der Waals surface area contributed by atoms with Gasteiger partial charge in [0.2, 0.25) is 0 Å². The predicted molar refractivity (Wildman–Crippen MR) is 113 cm³/mol. The normalized spacial score (nSPS) is 20.4. The molecule has 2 aliphatic rings. The quantitative estimate of drug-likeness (QED) is 0.629. The molecule has 1 amide bonds. The Morgan fingerprint density at radius 3 is 3.03 bits per heavy atom. The Morgan fingerprint density at radius 2 is 2.25 bits per heavy atom. The van der Waals surface area contributed by atoms with Crippen LogP contribution < -0.4 is 15.4 Å². The summed E-state index contributed by atoms with van der Waals surface area (Å²) in [6.07, 6.45) is 4.61. The number of fused-ring (bicyclic) bond motifs is 1. The van der Waals surface area contributed by atoms with Crippen LogP contribution in [0.25, 0.3) is 5.65 Å². The molecular formula is C22H22FN5O4. The van der Waals surface area contributed by atoms with Crippen LogP contribution in [0.1, 0.15) is 34.8 Å². The molecule has 10 heteroatoms. The Labute approximate surface area is 183 Å². The maximum atomic E-state index is 14.4. The molecule has 166 valence electrons. The van der Waals surface area contributed by atoms with Crippen LogP contribution in [0.3, 0.4) is 0 Å². The van der Waals surface area contributed by atoms with E-state index in [1.54, 1.807) is 6.20 Å². The number of nitrogens with two attached hydrogens (primary N) is 1. The van der Waals surface area contributed by atoms with E-state index in [-0.39, 0.29) is 36.1 Å². The highest BCUT2D eigenvalue weighted by molar-refractivity contribution is 5.98. The topological polar surface area (TPSA) is 104 Å². The molecule has 0 bridgehead atoms.